The van der Waals surface area contributed by atoms with Gasteiger partial charge in [-0.2, -0.15) is 0 Å². The first kappa shape index (κ1) is 21.7. The number of hydrogen-bond acceptors (Lipinski definition) is 3. The molecular formula is C24H16Cl2INO3. The zero-order chi connectivity index (χ0) is 22.1. The van der Waals surface area contributed by atoms with E-state index in [-0.39, 0.29) is 11.3 Å². The number of fused-ring (bicyclic) bond motifs is 1. The molecule has 0 radical (unpaired) electrons. The molecule has 4 nitrogen and oxygen atoms in total. The van der Waals surface area contributed by atoms with Gasteiger partial charge in [0.2, 0.25) is 0 Å². The molecule has 0 bridgehead atoms. The van der Waals surface area contributed by atoms with Gasteiger partial charge in [0.25, 0.3) is 5.91 Å². The Morgan fingerprint density at radius 3 is 2.39 bits per heavy atom. The number of phenolic OH excluding ortho intramolecular Hbond substituents is 1. The van der Waals surface area contributed by atoms with Crippen LogP contribution in [0, 0.1) is 10.5 Å². The fourth-order valence-corrected chi connectivity index (χ4v) is 4.44. The van der Waals surface area contributed by atoms with Gasteiger partial charge in [0.1, 0.15) is 17.2 Å². The number of phenols is 1. The molecule has 0 aromatic heterocycles. The molecule has 1 amide bonds. The topological polar surface area (TPSA) is 58.6 Å². The highest BCUT2D eigenvalue weighted by atomic mass is 127. The van der Waals surface area contributed by atoms with E-state index >= 15 is 0 Å². The third-order valence-electron chi connectivity index (χ3n) is 4.75. The van der Waals surface area contributed by atoms with E-state index in [1.807, 2.05) is 24.3 Å². The van der Waals surface area contributed by atoms with Gasteiger partial charge in [0.05, 0.1) is 10.6 Å². The van der Waals surface area contributed by atoms with E-state index in [2.05, 4.69) is 27.9 Å². The number of carbonyl (C=O) groups excluding carboxylic acids is 1. The Labute approximate surface area is 202 Å². The molecule has 0 spiro atoms. The van der Waals surface area contributed by atoms with Crippen molar-refractivity contribution in [1.82, 2.24) is 0 Å². The fourth-order valence-electron chi connectivity index (χ4n) is 3.21. The van der Waals surface area contributed by atoms with E-state index in [1.165, 1.54) is 0 Å². The SMILES string of the molecule is Cc1cc(I)cc(C(=O)Nc2ccc(Oc3ccc(Cl)c4ccccc34)c(Cl)c2)c1O. The highest BCUT2D eigenvalue weighted by Crippen LogP contribution is 2.37. The number of aryl methyl sites for hydroxylation is 1. The van der Waals surface area contributed by atoms with Crippen molar-refractivity contribution in [3.63, 3.8) is 0 Å². The van der Waals surface area contributed by atoms with E-state index < -0.39 is 5.91 Å². The van der Waals surface area contributed by atoms with Crippen LogP contribution < -0.4 is 10.1 Å². The Kier molecular flexibility index (Phi) is 6.27. The molecule has 0 heterocycles. The zero-order valence-corrected chi connectivity index (χ0v) is 19.9. The van der Waals surface area contributed by atoms with Gasteiger partial charge in [0, 0.05) is 25.1 Å². The number of amides is 1. The summed E-state index contributed by atoms with van der Waals surface area (Å²) in [5, 5.41) is 15.7. The number of ether oxygens (including phenoxy) is 1. The first-order valence-electron chi connectivity index (χ1n) is 9.28. The van der Waals surface area contributed by atoms with Gasteiger partial charge in [-0.15, -0.1) is 0 Å². The average Bonchev–Trinajstić information content (AvgIpc) is 2.74. The fraction of sp³-hybridized carbons (Fsp3) is 0.0417. The number of nitrogens with one attached hydrogen (secondary N) is 1. The van der Waals surface area contributed by atoms with Crippen LogP contribution in [0.15, 0.2) is 66.7 Å². The molecule has 0 aliphatic rings. The monoisotopic (exact) mass is 563 g/mol. The highest BCUT2D eigenvalue weighted by Gasteiger charge is 2.16. The number of aromatic hydroxyl groups is 1. The van der Waals surface area contributed by atoms with Crippen molar-refractivity contribution >= 4 is 68.2 Å². The summed E-state index contributed by atoms with van der Waals surface area (Å²) in [4.78, 5) is 12.6. The van der Waals surface area contributed by atoms with Gasteiger partial charge in [0.15, 0.2) is 0 Å². The van der Waals surface area contributed by atoms with Crippen molar-refractivity contribution in [3.05, 3.63) is 91.5 Å². The van der Waals surface area contributed by atoms with Crippen molar-refractivity contribution in [2.45, 2.75) is 6.92 Å². The average molecular weight is 564 g/mol. The van der Waals surface area contributed by atoms with Crippen molar-refractivity contribution in [2.24, 2.45) is 0 Å². The minimum absolute atomic E-state index is 0.0430. The van der Waals surface area contributed by atoms with Gasteiger partial charge in [-0.25, -0.2) is 0 Å². The van der Waals surface area contributed by atoms with Gasteiger partial charge >= 0.3 is 0 Å². The lowest BCUT2D eigenvalue weighted by Gasteiger charge is -2.13. The second kappa shape index (κ2) is 8.94. The van der Waals surface area contributed by atoms with E-state index in [0.717, 1.165) is 14.3 Å². The molecule has 156 valence electrons. The summed E-state index contributed by atoms with van der Waals surface area (Å²) in [6.07, 6.45) is 0. The molecule has 0 aliphatic heterocycles. The van der Waals surface area contributed by atoms with Crippen LogP contribution in [0.3, 0.4) is 0 Å². The van der Waals surface area contributed by atoms with Crippen molar-refractivity contribution < 1.29 is 14.6 Å². The van der Waals surface area contributed by atoms with E-state index in [1.54, 1.807) is 49.4 Å². The van der Waals surface area contributed by atoms with E-state index in [4.69, 9.17) is 27.9 Å². The third-order valence-corrected chi connectivity index (χ3v) is 6.00. The molecule has 7 heteroatoms. The Morgan fingerprint density at radius 2 is 1.65 bits per heavy atom. The number of hydrogen-bond donors (Lipinski definition) is 2. The minimum atomic E-state index is -0.424. The summed E-state index contributed by atoms with van der Waals surface area (Å²) in [5.41, 5.74) is 1.32. The molecule has 0 saturated heterocycles. The molecule has 31 heavy (non-hydrogen) atoms. The molecule has 0 unspecified atom stereocenters. The molecule has 4 aromatic rings. The van der Waals surface area contributed by atoms with Crippen LogP contribution in [-0.4, -0.2) is 11.0 Å². The van der Waals surface area contributed by atoms with Gasteiger partial charge < -0.3 is 15.2 Å². The van der Waals surface area contributed by atoms with Crippen LogP contribution in [0.1, 0.15) is 15.9 Å². The van der Waals surface area contributed by atoms with Crippen molar-refractivity contribution in [2.75, 3.05) is 5.32 Å². The molecule has 0 aliphatic carbocycles. The lowest BCUT2D eigenvalue weighted by Crippen LogP contribution is -2.12. The molecular weight excluding hydrogens is 548 g/mol. The van der Waals surface area contributed by atoms with Crippen LogP contribution in [-0.2, 0) is 0 Å². The summed E-state index contributed by atoms with van der Waals surface area (Å²) in [6, 6.07) is 19.6. The van der Waals surface area contributed by atoms with Crippen LogP contribution in [0.25, 0.3) is 10.8 Å². The van der Waals surface area contributed by atoms with Crippen LogP contribution in [0.4, 0.5) is 5.69 Å². The number of anilines is 1. The quantitative estimate of drug-likeness (QED) is 0.249. The van der Waals surface area contributed by atoms with Crippen molar-refractivity contribution in [1.29, 1.82) is 0 Å². The summed E-state index contributed by atoms with van der Waals surface area (Å²) < 4.78 is 6.88. The molecule has 0 atom stereocenters. The molecule has 0 fully saturated rings. The molecule has 4 aromatic carbocycles. The normalized spacial score (nSPS) is 10.8. The summed E-state index contributed by atoms with van der Waals surface area (Å²) in [7, 11) is 0. The smallest absolute Gasteiger partial charge is 0.259 e. The maximum atomic E-state index is 12.6. The predicted octanol–water partition coefficient (Wildman–Crippen LogP) is 7.81. The van der Waals surface area contributed by atoms with Gasteiger partial charge in [-0.1, -0.05) is 47.5 Å². The highest BCUT2D eigenvalue weighted by molar-refractivity contribution is 14.1. The lowest BCUT2D eigenvalue weighted by atomic mass is 10.1. The summed E-state index contributed by atoms with van der Waals surface area (Å²) in [6.45, 7) is 1.75. The molecule has 2 N–H and O–H groups in total. The first-order chi connectivity index (χ1) is 14.8. The summed E-state index contributed by atoms with van der Waals surface area (Å²) in [5.74, 6) is 0.601. The third kappa shape index (κ3) is 4.59. The van der Waals surface area contributed by atoms with E-state index in [9.17, 15) is 9.90 Å². The number of halogens is 3. The van der Waals surface area contributed by atoms with Crippen LogP contribution >= 0.6 is 45.8 Å². The lowest BCUT2D eigenvalue weighted by molar-refractivity contribution is 0.102. The Balaban J connectivity index is 1.58. The van der Waals surface area contributed by atoms with Gasteiger partial charge in [-0.05, 0) is 77.5 Å². The molecule has 4 rings (SSSR count). The van der Waals surface area contributed by atoms with E-state index in [0.29, 0.717) is 32.8 Å². The Hall–Kier alpha value is -2.48. The first-order valence-corrected chi connectivity index (χ1v) is 11.1. The molecule has 0 saturated carbocycles. The van der Waals surface area contributed by atoms with Gasteiger partial charge in [-0.3, -0.25) is 4.79 Å². The summed E-state index contributed by atoms with van der Waals surface area (Å²) >= 11 is 14.8. The maximum Gasteiger partial charge on any atom is 0.259 e. The van der Waals surface area contributed by atoms with Crippen LogP contribution in [0.2, 0.25) is 10.0 Å². The number of rotatable bonds is 4. The van der Waals surface area contributed by atoms with Crippen molar-refractivity contribution in [3.8, 4) is 17.2 Å². The zero-order valence-electron chi connectivity index (χ0n) is 16.2. The largest absolute Gasteiger partial charge is 0.507 e. The second-order valence-electron chi connectivity index (χ2n) is 6.91. The number of benzene rings is 4. The Morgan fingerprint density at radius 1 is 0.935 bits per heavy atom. The predicted molar refractivity (Wildman–Crippen MR) is 134 cm³/mol. The number of carbonyl (C=O) groups is 1. The Bertz CT molecular complexity index is 1320. The maximum absolute atomic E-state index is 12.6. The second-order valence-corrected chi connectivity index (χ2v) is 8.97. The standard InChI is InChI=1S/C24H16Cl2INO3/c1-13-10-14(27)11-18(23(13)29)24(30)28-15-6-8-22(20(26)12-15)31-21-9-7-19(25)16-4-2-3-5-17(16)21/h2-12,29H,1H3,(H,28,30). The van der Waals surface area contributed by atoms with Crippen LogP contribution in [0.5, 0.6) is 17.2 Å². The minimum Gasteiger partial charge on any atom is -0.507 e.